The normalized spacial score (nSPS) is 13.4. The maximum atomic E-state index is 12.1. The van der Waals surface area contributed by atoms with Gasteiger partial charge in [0.15, 0.2) is 11.9 Å². The van der Waals surface area contributed by atoms with Crippen LogP contribution in [0.3, 0.4) is 0 Å². The molecule has 2 aromatic rings. The van der Waals surface area contributed by atoms with Gasteiger partial charge >= 0.3 is 6.18 Å². The van der Waals surface area contributed by atoms with Crippen molar-refractivity contribution in [3.63, 3.8) is 0 Å². The Labute approximate surface area is 112 Å². The van der Waals surface area contributed by atoms with Crippen LogP contribution in [0, 0.1) is 6.92 Å². The molecule has 7 heteroatoms. The van der Waals surface area contributed by atoms with E-state index in [0.29, 0.717) is 16.5 Å². The van der Waals surface area contributed by atoms with Crippen molar-refractivity contribution in [2.24, 2.45) is 0 Å². The second kappa shape index (κ2) is 5.16. The van der Waals surface area contributed by atoms with Gasteiger partial charge in [0, 0.05) is 10.9 Å². The van der Waals surface area contributed by atoms with Crippen LogP contribution in [0.2, 0.25) is 0 Å². The molecule has 0 saturated heterocycles. The van der Waals surface area contributed by atoms with Crippen LogP contribution in [-0.2, 0) is 0 Å². The fourth-order valence-corrected chi connectivity index (χ4v) is 1.78. The molecule has 1 aromatic heterocycles. The standard InChI is InChI=1S/C13H12F3NO3/c1-7-8-4-2-3-5-9(8)20-11(7)12(19)17-6-10(18)13(14,15)16/h2-5,10,18H,6H2,1H3,(H,17,19). The number of carbonyl (C=O) groups excluding carboxylic acids is 1. The van der Waals surface area contributed by atoms with Crippen LogP contribution < -0.4 is 5.32 Å². The summed E-state index contributed by atoms with van der Waals surface area (Å²) in [6.07, 6.45) is -7.37. The number of alkyl halides is 3. The number of aliphatic hydroxyl groups is 1. The monoisotopic (exact) mass is 287 g/mol. The number of benzene rings is 1. The first-order valence-electron chi connectivity index (χ1n) is 5.82. The zero-order valence-corrected chi connectivity index (χ0v) is 10.5. The summed E-state index contributed by atoms with van der Waals surface area (Å²) < 4.78 is 41.7. The Balaban J connectivity index is 2.14. The molecule has 1 aromatic carbocycles. The van der Waals surface area contributed by atoms with Gasteiger partial charge in [-0.25, -0.2) is 0 Å². The van der Waals surface area contributed by atoms with E-state index in [0.717, 1.165) is 0 Å². The summed E-state index contributed by atoms with van der Waals surface area (Å²) in [6, 6.07) is 6.89. The molecule has 1 unspecified atom stereocenters. The Morgan fingerprint density at radius 1 is 1.40 bits per heavy atom. The molecule has 1 amide bonds. The number of hydrogen-bond acceptors (Lipinski definition) is 3. The number of para-hydroxylation sites is 1. The van der Waals surface area contributed by atoms with Crippen molar-refractivity contribution in [2.45, 2.75) is 19.2 Å². The van der Waals surface area contributed by atoms with Gasteiger partial charge in [0.1, 0.15) is 5.58 Å². The van der Waals surface area contributed by atoms with Gasteiger partial charge in [-0.05, 0) is 13.0 Å². The van der Waals surface area contributed by atoms with E-state index in [1.165, 1.54) is 0 Å². The zero-order chi connectivity index (χ0) is 14.9. The van der Waals surface area contributed by atoms with Crippen molar-refractivity contribution in [2.75, 3.05) is 6.54 Å². The molecule has 0 radical (unpaired) electrons. The van der Waals surface area contributed by atoms with Crippen molar-refractivity contribution in [1.82, 2.24) is 5.32 Å². The van der Waals surface area contributed by atoms with Crippen molar-refractivity contribution >= 4 is 16.9 Å². The average molecular weight is 287 g/mol. The highest BCUT2D eigenvalue weighted by molar-refractivity contribution is 5.98. The molecule has 0 aliphatic carbocycles. The minimum Gasteiger partial charge on any atom is -0.451 e. The van der Waals surface area contributed by atoms with E-state index in [9.17, 15) is 18.0 Å². The van der Waals surface area contributed by atoms with Gasteiger partial charge in [-0.2, -0.15) is 13.2 Å². The molecular formula is C13H12F3NO3. The fourth-order valence-electron chi connectivity index (χ4n) is 1.78. The van der Waals surface area contributed by atoms with Gasteiger partial charge in [-0.15, -0.1) is 0 Å². The van der Waals surface area contributed by atoms with Crippen LogP contribution in [0.25, 0.3) is 11.0 Å². The summed E-state index contributed by atoms with van der Waals surface area (Å²) in [7, 11) is 0. The highest BCUT2D eigenvalue weighted by Crippen LogP contribution is 2.25. The number of halogens is 3. The molecule has 20 heavy (non-hydrogen) atoms. The number of fused-ring (bicyclic) bond motifs is 1. The summed E-state index contributed by atoms with van der Waals surface area (Å²) in [5, 5.41) is 11.5. The lowest BCUT2D eigenvalue weighted by atomic mass is 10.1. The van der Waals surface area contributed by atoms with Crippen molar-refractivity contribution in [3.8, 4) is 0 Å². The molecular weight excluding hydrogens is 275 g/mol. The Kier molecular flexibility index (Phi) is 3.71. The molecule has 0 fully saturated rings. The first kappa shape index (κ1) is 14.4. The quantitative estimate of drug-likeness (QED) is 0.911. The van der Waals surface area contributed by atoms with Gasteiger partial charge in [0.05, 0.1) is 6.54 Å². The second-order valence-corrected chi connectivity index (χ2v) is 4.32. The first-order valence-corrected chi connectivity index (χ1v) is 5.82. The topological polar surface area (TPSA) is 62.5 Å². The van der Waals surface area contributed by atoms with Crippen molar-refractivity contribution < 1.29 is 27.5 Å². The first-order chi connectivity index (χ1) is 9.30. The molecule has 0 spiro atoms. The summed E-state index contributed by atoms with van der Waals surface area (Å²) in [4.78, 5) is 11.8. The molecule has 2 rings (SSSR count). The Bertz CT molecular complexity index is 633. The van der Waals surface area contributed by atoms with E-state index in [-0.39, 0.29) is 5.76 Å². The van der Waals surface area contributed by atoms with Gasteiger partial charge in [-0.3, -0.25) is 4.79 Å². The van der Waals surface area contributed by atoms with Crippen LogP contribution in [0.15, 0.2) is 28.7 Å². The number of aliphatic hydroxyl groups excluding tert-OH is 1. The van der Waals surface area contributed by atoms with Crippen LogP contribution in [0.5, 0.6) is 0 Å². The summed E-state index contributed by atoms with van der Waals surface area (Å²) in [6.45, 7) is 0.722. The predicted molar refractivity (Wildman–Crippen MR) is 65.3 cm³/mol. The van der Waals surface area contributed by atoms with Crippen molar-refractivity contribution in [1.29, 1.82) is 0 Å². The number of aryl methyl sites for hydroxylation is 1. The highest BCUT2D eigenvalue weighted by Gasteiger charge is 2.38. The number of furan rings is 1. The van der Waals surface area contributed by atoms with E-state index >= 15 is 0 Å². The van der Waals surface area contributed by atoms with E-state index in [2.05, 4.69) is 0 Å². The van der Waals surface area contributed by atoms with Crippen molar-refractivity contribution in [3.05, 3.63) is 35.6 Å². The second-order valence-electron chi connectivity index (χ2n) is 4.32. The minimum atomic E-state index is -4.77. The lowest BCUT2D eigenvalue weighted by Gasteiger charge is -2.14. The third kappa shape index (κ3) is 2.77. The number of carbonyl (C=O) groups is 1. The number of amides is 1. The molecule has 1 heterocycles. The molecule has 2 N–H and O–H groups in total. The average Bonchev–Trinajstić information content (AvgIpc) is 2.72. The molecule has 4 nitrogen and oxygen atoms in total. The highest BCUT2D eigenvalue weighted by atomic mass is 19.4. The molecule has 0 aliphatic rings. The Morgan fingerprint density at radius 2 is 2.05 bits per heavy atom. The van der Waals surface area contributed by atoms with Crippen LogP contribution >= 0.6 is 0 Å². The Hall–Kier alpha value is -2.02. The number of rotatable bonds is 3. The lowest BCUT2D eigenvalue weighted by Crippen LogP contribution is -2.40. The fraction of sp³-hybridized carbons (Fsp3) is 0.308. The summed E-state index contributed by atoms with van der Waals surface area (Å²) >= 11 is 0. The SMILES string of the molecule is Cc1c(C(=O)NCC(O)C(F)(F)F)oc2ccccc12. The van der Waals surface area contributed by atoms with Gasteiger partial charge in [0.25, 0.3) is 5.91 Å². The summed E-state index contributed by atoms with van der Waals surface area (Å²) in [5.74, 6) is -0.845. The van der Waals surface area contributed by atoms with Gasteiger partial charge in [0.2, 0.25) is 0 Å². The Morgan fingerprint density at radius 3 is 2.65 bits per heavy atom. The molecule has 0 aliphatic heterocycles. The number of hydrogen-bond donors (Lipinski definition) is 2. The third-order valence-corrected chi connectivity index (χ3v) is 2.88. The third-order valence-electron chi connectivity index (χ3n) is 2.88. The molecule has 0 bridgehead atoms. The van der Waals surface area contributed by atoms with Crippen LogP contribution in [0.4, 0.5) is 13.2 Å². The molecule has 0 saturated carbocycles. The molecule has 1 atom stereocenters. The largest absolute Gasteiger partial charge is 0.451 e. The van der Waals surface area contributed by atoms with Crippen LogP contribution in [0.1, 0.15) is 16.1 Å². The van der Waals surface area contributed by atoms with Gasteiger partial charge in [-0.1, -0.05) is 18.2 Å². The number of nitrogens with one attached hydrogen (secondary N) is 1. The maximum absolute atomic E-state index is 12.1. The lowest BCUT2D eigenvalue weighted by molar-refractivity contribution is -0.201. The van der Waals surface area contributed by atoms with E-state index in [1.807, 2.05) is 5.32 Å². The predicted octanol–water partition coefficient (Wildman–Crippen LogP) is 2.39. The smallest absolute Gasteiger partial charge is 0.416 e. The van der Waals surface area contributed by atoms with E-state index in [1.54, 1.807) is 31.2 Å². The van der Waals surface area contributed by atoms with E-state index in [4.69, 9.17) is 9.52 Å². The van der Waals surface area contributed by atoms with Gasteiger partial charge < -0.3 is 14.8 Å². The van der Waals surface area contributed by atoms with Crippen LogP contribution in [-0.4, -0.2) is 29.8 Å². The maximum Gasteiger partial charge on any atom is 0.416 e. The van der Waals surface area contributed by atoms with E-state index < -0.39 is 24.7 Å². The summed E-state index contributed by atoms with van der Waals surface area (Å²) in [5.41, 5.74) is 1.02. The minimum absolute atomic E-state index is 0.0550. The molecule has 108 valence electrons. The zero-order valence-electron chi connectivity index (χ0n) is 10.5.